The molecule has 8 heteroatoms. The summed E-state index contributed by atoms with van der Waals surface area (Å²) in [5.41, 5.74) is -0.250. The van der Waals surface area contributed by atoms with E-state index < -0.39 is 62.4 Å². The summed E-state index contributed by atoms with van der Waals surface area (Å²) in [7, 11) is 0. The van der Waals surface area contributed by atoms with Crippen LogP contribution in [0.15, 0.2) is 18.2 Å². The summed E-state index contributed by atoms with van der Waals surface area (Å²) in [6.45, 7) is 1.63. The smallest absolute Gasteiger partial charge is 0.205 e. The van der Waals surface area contributed by atoms with Crippen LogP contribution in [0.25, 0.3) is 21.9 Å². The molecule has 7 N–H and O–H groups in total. The first kappa shape index (κ1) is 16.3. The van der Waals surface area contributed by atoms with Crippen molar-refractivity contribution < 1.29 is 40.1 Å². The van der Waals surface area contributed by atoms with Crippen molar-refractivity contribution in [2.45, 2.75) is 6.92 Å². The number of hydrogen-bond donors (Lipinski definition) is 7. The Morgan fingerprint density at radius 3 is 1.68 bits per heavy atom. The van der Waals surface area contributed by atoms with Crippen molar-refractivity contribution in [3.8, 4) is 51.4 Å². The Balaban J connectivity index is 2.58. The van der Waals surface area contributed by atoms with Crippen LogP contribution in [0, 0.1) is 12.7 Å². The molecule has 3 aromatic rings. The van der Waals surface area contributed by atoms with E-state index in [1.807, 2.05) is 0 Å². The van der Waals surface area contributed by atoms with Gasteiger partial charge in [0.15, 0.2) is 23.0 Å². The van der Waals surface area contributed by atoms with Crippen LogP contribution in [0.2, 0.25) is 0 Å². The van der Waals surface area contributed by atoms with Crippen LogP contribution in [0.5, 0.6) is 40.2 Å². The molecule has 0 heterocycles. The topological polar surface area (TPSA) is 142 Å². The second-order valence-corrected chi connectivity index (χ2v) is 5.55. The Bertz CT molecular complexity index is 1040. The van der Waals surface area contributed by atoms with Crippen molar-refractivity contribution in [3.05, 3.63) is 29.6 Å². The first-order valence-electron chi connectivity index (χ1n) is 6.99. The van der Waals surface area contributed by atoms with Gasteiger partial charge in [-0.15, -0.1) is 0 Å². The molecule has 0 aromatic heterocycles. The molecule has 0 spiro atoms. The second kappa shape index (κ2) is 5.23. The Morgan fingerprint density at radius 1 is 0.640 bits per heavy atom. The predicted octanol–water partition coefficient (Wildman–Crippen LogP) is 2.89. The molecule has 0 saturated carbocycles. The number of phenolic OH excluding ortho intramolecular Hbond substituents is 7. The highest BCUT2D eigenvalue weighted by molar-refractivity contribution is 6.10. The number of aromatic hydroxyl groups is 7. The zero-order chi connectivity index (χ0) is 18.6. The number of fused-ring (bicyclic) bond motifs is 1. The third-order valence-corrected chi connectivity index (χ3v) is 3.96. The van der Waals surface area contributed by atoms with Gasteiger partial charge in [0.2, 0.25) is 11.5 Å². The molecule has 7 nitrogen and oxygen atoms in total. The molecule has 3 rings (SSSR count). The van der Waals surface area contributed by atoms with Gasteiger partial charge in [-0.2, -0.15) is 0 Å². The fraction of sp³-hybridized carbons (Fsp3) is 0.0588. The lowest BCUT2D eigenvalue weighted by Gasteiger charge is -2.17. The molecule has 0 aliphatic carbocycles. The normalized spacial score (nSPS) is 11.1. The third kappa shape index (κ3) is 2.11. The highest BCUT2D eigenvalue weighted by atomic mass is 19.1. The van der Waals surface area contributed by atoms with Crippen molar-refractivity contribution in [2.75, 3.05) is 0 Å². The summed E-state index contributed by atoms with van der Waals surface area (Å²) in [6, 6.07) is 3.81. The minimum absolute atomic E-state index is 0.279. The summed E-state index contributed by atoms with van der Waals surface area (Å²) in [5.74, 6) is -8.19. The van der Waals surface area contributed by atoms with Gasteiger partial charge in [0.25, 0.3) is 0 Å². The number of halogens is 1. The van der Waals surface area contributed by atoms with Gasteiger partial charge in [-0.1, -0.05) is 11.6 Å². The van der Waals surface area contributed by atoms with E-state index in [2.05, 4.69) is 0 Å². The largest absolute Gasteiger partial charge is 0.506 e. The Morgan fingerprint density at radius 2 is 1.12 bits per heavy atom. The molecule has 25 heavy (non-hydrogen) atoms. The molecule has 0 bridgehead atoms. The van der Waals surface area contributed by atoms with Gasteiger partial charge < -0.3 is 35.7 Å². The van der Waals surface area contributed by atoms with E-state index in [0.717, 1.165) is 6.07 Å². The van der Waals surface area contributed by atoms with E-state index in [-0.39, 0.29) is 5.56 Å². The monoisotopic (exact) mass is 348 g/mol. The maximum Gasteiger partial charge on any atom is 0.205 e. The van der Waals surface area contributed by atoms with Crippen molar-refractivity contribution in [1.29, 1.82) is 0 Å². The summed E-state index contributed by atoms with van der Waals surface area (Å²) in [4.78, 5) is 0. The SMILES string of the molecule is Cc1ccc(F)c(-c2c(O)c(O)c3c(O)c(O)c(O)c(O)c3c2O)c1. The number of aryl methyl sites for hydroxylation is 1. The molecule has 0 aliphatic heterocycles. The Kier molecular flexibility index (Phi) is 3.41. The van der Waals surface area contributed by atoms with Gasteiger partial charge >= 0.3 is 0 Å². The highest BCUT2D eigenvalue weighted by Crippen LogP contribution is 2.59. The molecule has 0 atom stereocenters. The third-order valence-electron chi connectivity index (χ3n) is 3.96. The molecule has 0 saturated heterocycles. The highest BCUT2D eigenvalue weighted by Gasteiger charge is 2.29. The van der Waals surface area contributed by atoms with Gasteiger partial charge in [0.1, 0.15) is 11.6 Å². The zero-order valence-corrected chi connectivity index (χ0v) is 12.7. The average molecular weight is 348 g/mol. The molecule has 0 radical (unpaired) electrons. The molecular weight excluding hydrogens is 335 g/mol. The van der Waals surface area contributed by atoms with Crippen LogP contribution < -0.4 is 0 Å². The van der Waals surface area contributed by atoms with E-state index in [9.17, 15) is 40.1 Å². The summed E-state index contributed by atoms with van der Waals surface area (Å²) in [6.07, 6.45) is 0. The molecule has 0 fully saturated rings. The van der Waals surface area contributed by atoms with Crippen LogP contribution in [0.3, 0.4) is 0 Å². The van der Waals surface area contributed by atoms with Crippen LogP contribution in [0.4, 0.5) is 4.39 Å². The van der Waals surface area contributed by atoms with Crippen LogP contribution in [0.1, 0.15) is 5.56 Å². The fourth-order valence-electron chi connectivity index (χ4n) is 2.72. The molecular formula is C17H13FO7. The molecule has 0 amide bonds. The summed E-state index contributed by atoms with van der Waals surface area (Å²) < 4.78 is 14.2. The Labute approximate surface area is 139 Å². The first-order chi connectivity index (χ1) is 11.7. The van der Waals surface area contributed by atoms with Gasteiger partial charge in [-0.3, -0.25) is 0 Å². The van der Waals surface area contributed by atoms with Gasteiger partial charge in [0, 0.05) is 5.56 Å². The summed E-state index contributed by atoms with van der Waals surface area (Å²) in [5, 5.41) is 68.5. The number of rotatable bonds is 1. The Hall–Kier alpha value is -3.55. The second-order valence-electron chi connectivity index (χ2n) is 5.55. The molecule has 3 aromatic carbocycles. The number of benzene rings is 3. The average Bonchev–Trinajstić information content (AvgIpc) is 2.57. The quantitative estimate of drug-likeness (QED) is 0.265. The lowest BCUT2D eigenvalue weighted by molar-refractivity contribution is 0.347. The predicted molar refractivity (Wildman–Crippen MR) is 85.7 cm³/mol. The minimum atomic E-state index is -1.16. The fourth-order valence-corrected chi connectivity index (χ4v) is 2.72. The van der Waals surface area contributed by atoms with Gasteiger partial charge in [-0.05, 0) is 19.1 Å². The molecule has 0 unspecified atom stereocenters. The maximum absolute atomic E-state index is 14.2. The lowest BCUT2D eigenvalue weighted by atomic mass is 9.94. The standard InChI is InChI=1S/C17H13FO7/c1-5-2-3-7(18)6(4-5)8-11(19)9-10(13(21)12(8)20)15(23)17(25)16(24)14(9)22/h2-4,19-25H,1H3. The van der Waals surface area contributed by atoms with Crippen molar-refractivity contribution in [2.24, 2.45) is 0 Å². The van der Waals surface area contributed by atoms with Gasteiger partial charge in [-0.25, -0.2) is 4.39 Å². The lowest BCUT2D eigenvalue weighted by Crippen LogP contribution is -1.91. The van der Waals surface area contributed by atoms with Crippen molar-refractivity contribution in [1.82, 2.24) is 0 Å². The summed E-state index contributed by atoms with van der Waals surface area (Å²) >= 11 is 0. The zero-order valence-electron chi connectivity index (χ0n) is 12.7. The molecule has 0 aliphatic rings. The van der Waals surface area contributed by atoms with E-state index >= 15 is 0 Å². The van der Waals surface area contributed by atoms with Crippen LogP contribution >= 0.6 is 0 Å². The van der Waals surface area contributed by atoms with Crippen LogP contribution in [-0.2, 0) is 0 Å². The van der Waals surface area contributed by atoms with Crippen molar-refractivity contribution in [3.63, 3.8) is 0 Å². The van der Waals surface area contributed by atoms with E-state index in [1.54, 1.807) is 6.92 Å². The number of hydrogen-bond acceptors (Lipinski definition) is 7. The van der Waals surface area contributed by atoms with Gasteiger partial charge in [0.05, 0.1) is 16.3 Å². The van der Waals surface area contributed by atoms with E-state index in [0.29, 0.717) is 5.56 Å². The number of phenols is 7. The molecule has 130 valence electrons. The van der Waals surface area contributed by atoms with E-state index in [1.165, 1.54) is 12.1 Å². The van der Waals surface area contributed by atoms with Crippen molar-refractivity contribution >= 4 is 10.8 Å². The maximum atomic E-state index is 14.2. The minimum Gasteiger partial charge on any atom is -0.506 e. The van der Waals surface area contributed by atoms with Crippen LogP contribution in [-0.4, -0.2) is 35.7 Å². The first-order valence-corrected chi connectivity index (χ1v) is 6.99. The van der Waals surface area contributed by atoms with E-state index in [4.69, 9.17) is 0 Å².